The number of nitrogens with two attached hydrogens (primary N) is 2. The highest BCUT2D eigenvalue weighted by Crippen LogP contribution is 2.26. The Balaban J connectivity index is 1.88. The standard InChI is InChI=1S/C11H20N6/c1-7(17(2)8-3-4-8)6-14-10-5-9(12)15-11(13)16-10/h5,7-8H,3-4,6H2,1-2H3,(H5,12,13,14,15,16). The van der Waals surface area contributed by atoms with Crippen LogP contribution in [0.4, 0.5) is 17.6 Å². The molecule has 0 bridgehead atoms. The number of anilines is 3. The molecule has 0 spiro atoms. The van der Waals surface area contributed by atoms with Crippen LogP contribution in [0.2, 0.25) is 0 Å². The van der Waals surface area contributed by atoms with Gasteiger partial charge in [-0.15, -0.1) is 0 Å². The molecular weight excluding hydrogens is 216 g/mol. The zero-order chi connectivity index (χ0) is 12.4. The molecule has 17 heavy (non-hydrogen) atoms. The average Bonchev–Trinajstić information content (AvgIpc) is 3.07. The average molecular weight is 236 g/mol. The van der Waals surface area contributed by atoms with E-state index in [1.54, 1.807) is 6.07 Å². The van der Waals surface area contributed by atoms with Gasteiger partial charge in [-0.1, -0.05) is 0 Å². The highest BCUT2D eigenvalue weighted by molar-refractivity contribution is 5.48. The molecule has 1 unspecified atom stereocenters. The van der Waals surface area contributed by atoms with Gasteiger partial charge in [0.1, 0.15) is 11.6 Å². The summed E-state index contributed by atoms with van der Waals surface area (Å²) in [5.41, 5.74) is 11.1. The number of likely N-dealkylation sites (N-methyl/N-ethyl adjacent to an activating group) is 1. The molecule has 0 aromatic carbocycles. The van der Waals surface area contributed by atoms with Crippen LogP contribution in [0.15, 0.2) is 6.07 Å². The molecule has 1 aromatic rings. The zero-order valence-corrected chi connectivity index (χ0v) is 10.3. The van der Waals surface area contributed by atoms with E-state index in [4.69, 9.17) is 11.5 Å². The number of aromatic nitrogens is 2. The molecular formula is C11H20N6. The third-order valence-electron chi connectivity index (χ3n) is 3.16. The fraction of sp³-hybridized carbons (Fsp3) is 0.636. The van der Waals surface area contributed by atoms with Crippen molar-refractivity contribution in [3.63, 3.8) is 0 Å². The van der Waals surface area contributed by atoms with E-state index >= 15 is 0 Å². The van der Waals surface area contributed by atoms with Gasteiger partial charge in [-0.05, 0) is 26.8 Å². The van der Waals surface area contributed by atoms with Gasteiger partial charge in [-0.2, -0.15) is 9.97 Å². The number of rotatable bonds is 5. The molecule has 1 saturated carbocycles. The van der Waals surface area contributed by atoms with E-state index in [-0.39, 0.29) is 5.95 Å². The number of nitrogens with zero attached hydrogens (tertiary/aromatic N) is 3. The van der Waals surface area contributed by atoms with Crippen molar-refractivity contribution in [1.29, 1.82) is 0 Å². The Hall–Kier alpha value is -1.56. The maximum Gasteiger partial charge on any atom is 0.223 e. The first-order chi connectivity index (χ1) is 8.06. The lowest BCUT2D eigenvalue weighted by molar-refractivity contribution is 0.257. The van der Waals surface area contributed by atoms with Crippen LogP contribution in [0.25, 0.3) is 0 Å². The topological polar surface area (TPSA) is 93.1 Å². The van der Waals surface area contributed by atoms with Crippen LogP contribution >= 0.6 is 0 Å². The maximum atomic E-state index is 5.60. The van der Waals surface area contributed by atoms with E-state index < -0.39 is 0 Å². The van der Waals surface area contributed by atoms with Gasteiger partial charge in [0, 0.05) is 24.7 Å². The minimum atomic E-state index is 0.204. The van der Waals surface area contributed by atoms with E-state index in [2.05, 4.69) is 34.2 Å². The summed E-state index contributed by atoms with van der Waals surface area (Å²) in [5, 5.41) is 3.24. The van der Waals surface area contributed by atoms with Gasteiger partial charge in [-0.25, -0.2) is 0 Å². The summed E-state index contributed by atoms with van der Waals surface area (Å²) in [6.45, 7) is 3.02. The number of nitrogens with one attached hydrogen (secondary N) is 1. The normalized spacial score (nSPS) is 17.1. The quantitative estimate of drug-likeness (QED) is 0.690. The van der Waals surface area contributed by atoms with Crippen molar-refractivity contribution in [2.75, 3.05) is 30.4 Å². The van der Waals surface area contributed by atoms with Gasteiger partial charge < -0.3 is 16.8 Å². The molecule has 0 aliphatic heterocycles. The summed E-state index contributed by atoms with van der Waals surface area (Å²) in [4.78, 5) is 10.3. The molecule has 1 aliphatic carbocycles. The minimum Gasteiger partial charge on any atom is -0.383 e. The number of hydrogen-bond donors (Lipinski definition) is 3. The van der Waals surface area contributed by atoms with Gasteiger partial charge in [0.05, 0.1) is 0 Å². The second-order valence-electron chi connectivity index (χ2n) is 4.66. The Morgan fingerprint density at radius 3 is 2.76 bits per heavy atom. The monoisotopic (exact) mass is 236 g/mol. The summed E-state index contributed by atoms with van der Waals surface area (Å²) in [6.07, 6.45) is 2.63. The van der Waals surface area contributed by atoms with Crippen LogP contribution in [0.1, 0.15) is 19.8 Å². The van der Waals surface area contributed by atoms with Crippen LogP contribution in [0.5, 0.6) is 0 Å². The van der Waals surface area contributed by atoms with Crippen molar-refractivity contribution < 1.29 is 0 Å². The molecule has 1 fully saturated rings. The third-order valence-corrected chi connectivity index (χ3v) is 3.16. The summed E-state index contributed by atoms with van der Waals surface area (Å²) in [7, 11) is 2.16. The summed E-state index contributed by atoms with van der Waals surface area (Å²) in [6, 6.07) is 2.91. The lowest BCUT2D eigenvalue weighted by Gasteiger charge is -2.24. The largest absolute Gasteiger partial charge is 0.383 e. The van der Waals surface area contributed by atoms with Crippen LogP contribution in [0.3, 0.4) is 0 Å². The summed E-state index contributed by atoms with van der Waals surface area (Å²) in [5.74, 6) is 1.28. The van der Waals surface area contributed by atoms with Crippen molar-refractivity contribution in [3.8, 4) is 0 Å². The first-order valence-corrected chi connectivity index (χ1v) is 5.92. The van der Waals surface area contributed by atoms with Crippen molar-refractivity contribution in [1.82, 2.24) is 14.9 Å². The molecule has 94 valence electrons. The van der Waals surface area contributed by atoms with Gasteiger partial charge in [-0.3, -0.25) is 4.90 Å². The number of nitrogen functional groups attached to an aromatic ring is 2. The van der Waals surface area contributed by atoms with Crippen LogP contribution in [-0.4, -0.2) is 40.5 Å². The van der Waals surface area contributed by atoms with Crippen LogP contribution < -0.4 is 16.8 Å². The number of hydrogen-bond acceptors (Lipinski definition) is 6. The van der Waals surface area contributed by atoms with Crippen molar-refractivity contribution in [3.05, 3.63) is 6.07 Å². The molecule has 1 aliphatic rings. The van der Waals surface area contributed by atoms with Crippen LogP contribution in [-0.2, 0) is 0 Å². The Morgan fingerprint density at radius 1 is 1.47 bits per heavy atom. The molecule has 5 N–H and O–H groups in total. The zero-order valence-electron chi connectivity index (χ0n) is 10.3. The van der Waals surface area contributed by atoms with E-state index in [1.165, 1.54) is 12.8 Å². The highest BCUT2D eigenvalue weighted by Gasteiger charge is 2.28. The lowest BCUT2D eigenvalue weighted by atomic mass is 10.3. The Kier molecular flexibility index (Phi) is 3.33. The highest BCUT2D eigenvalue weighted by atomic mass is 15.2. The predicted molar refractivity (Wildman–Crippen MR) is 69.6 cm³/mol. The van der Waals surface area contributed by atoms with Gasteiger partial charge in [0.25, 0.3) is 0 Å². The summed E-state index contributed by atoms with van der Waals surface area (Å²) >= 11 is 0. The second kappa shape index (κ2) is 4.75. The second-order valence-corrected chi connectivity index (χ2v) is 4.66. The fourth-order valence-corrected chi connectivity index (χ4v) is 1.81. The SMILES string of the molecule is CC(CNc1cc(N)nc(N)n1)N(C)C1CC1. The molecule has 1 heterocycles. The molecule has 6 heteroatoms. The summed E-state index contributed by atoms with van der Waals surface area (Å²) < 4.78 is 0. The van der Waals surface area contributed by atoms with Crippen molar-refractivity contribution in [2.45, 2.75) is 31.8 Å². The Morgan fingerprint density at radius 2 is 2.18 bits per heavy atom. The third kappa shape index (κ3) is 3.20. The fourth-order valence-electron chi connectivity index (χ4n) is 1.81. The van der Waals surface area contributed by atoms with E-state index in [1.807, 2.05) is 0 Å². The predicted octanol–water partition coefficient (Wildman–Crippen LogP) is 0.536. The van der Waals surface area contributed by atoms with Crippen molar-refractivity contribution >= 4 is 17.6 Å². The Bertz CT molecular complexity index is 369. The minimum absolute atomic E-state index is 0.204. The Labute approximate surface area is 101 Å². The lowest BCUT2D eigenvalue weighted by Crippen LogP contribution is -2.36. The maximum absolute atomic E-state index is 5.60. The molecule has 2 rings (SSSR count). The smallest absolute Gasteiger partial charge is 0.223 e. The molecule has 0 amide bonds. The first kappa shape index (κ1) is 11.9. The van der Waals surface area contributed by atoms with E-state index in [0.29, 0.717) is 17.7 Å². The molecule has 6 nitrogen and oxygen atoms in total. The van der Waals surface area contributed by atoms with Gasteiger partial charge in [0.2, 0.25) is 5.95 Å². The van der Waals surface area contributed by atoms with Gasteiger partial charge >= 0.3 is 0 Å². The molecule has 0 radical (unpaired) electrons. The van der Waals surface area contributed by atoms with Crippen molar-refractivity contribution in [2.24, 2.45) is 0 Å². The molecule has 0 saturated heterocycles. The molecule has 1 aromatic heterocycles. The van der Waals surface area contributed by atoms with E-state index in [9.17, 15) is 0 Å². The van der Waals surface area contributed by atoms with E-state index in [0.717, 1.165) is 12.6 Å². The van der Waals surface area contributed by atoms with Gasteiger partial charge in [0.15, 0.2) is 0 Å². The molecule has 1 atom stereocenters. The van der Waals surface area contributed by atoms with Crippen LogP contribution in [0, 0.1) is 0 Å². The first-order valence-electron chi connectivity index (χ1n) is 5.92.